The van der Waals surface area contributed by atoms with E-state index in [9.17, 15) is 23.6 Å². The second-order valence-corrected chi connectivity index (χ2v) is 9.71. The van der Waals surface area contributed by atoms with Crippen LogP contribution in [-0.4, -0.2) is 98.4 Å². The molecule has 1 aromatic heterocycles. The number of halogens is 1. The number of piperazine rings is 1. The number of aliphatic carboxylic acids is 4. The van der Waals surface area contributed by atoms with Gasteiger partial charge in [-0.2, -0.15) is 0 Å². The third kappa shape index (κ3) is 14.1. The zero-order chi connectivity index (χ0) is 30.9. The number of anilines is 1. The molecule has 0 aliphatic carbocycles. The summed E-state index contributed by atoms with van der Waals surface area (Å²) in [4.78, 5) is 47.7. The van der Waals surface area contributed by atoms with E-state index in [2.05, 4.69) is 50.4 Å². The fourth-order valence-corrected chi connectivity index (χ4v) is 4.51. The average Bonchev–Trinajstić information content (AvgIpc) is 3.35. The van der Waals surface area contributed by atoms with Crippen LogP contribution in [0.5, 0.6) is 0 Å². The molecule has 2 heterocycles. The van der Waals surface area contributed by atoms with Gasteiger partial charge in [-0.05, 0) is 23.8 Å². The second-order valence-electron chi connectivity index (χ2n) is 8.68. The molecular formula is C28H31FN4O8S. The van der Waals surface area contributed by atoms with Gasteiger partial charge in [0.15, 0.2) is 5.13 Å². The van der Waals surface area contributed by atoms with Crippen molar-refractivity contribution in [3.8, 4) is 0 Å². The number of hydrogen-bond donors (Lipinski definition) is 5. The van der Waals surface area contributed by atoms with Crippen LogP contribution in [0.25, 0.3) is 10.2 Å². The lowest BCUT2D eigenvalue weighted by molar-refractivity contribution is -0.134. The molecule has 0 atom stereocenters. The van der Waals surface area contributed by atoms with Gasteiger partial charge in [0, 0.05) is 70.1 Å². The zero-order valence-corrected chi connectivity index (χ0v) is 23.2. The predicted octanol–water partition coefficient (Wildman–Crippen LogP) is 3.09. The molecule has 0 spiro atoms. The van der Waals surface area contributed by atoms with Gasteiger partial charge in [-0.1, -0.05) is 41.7 Å². The van der Waals surface area contributed by atoms with E-state index in [0.717, 1.165) is 61.2 Å². The average molecular weight is 603 g/mol. The lowest BCUT2D eigenvalue weighted by Gasteiger charge is -2.34. The highest BCUT2D eigenvalue weighted by atomic mass is 32.1. The number of aromatic nitrogens is 1. The number of fused-ring (bicyclic) bond motifs is 1. The van der Waals surface area contributed by atoms with Gasteiger partial charge in [0.1, 0.15) is 5.82 Å². The van der Waals surface area contributed by atoms with Crippen LogP contribution >= 0.6 is 11.3 Å². The Morgan fingerprint density at radius 2 is 1.33 bits per heavy atom. The Balaban J connectivity index is 0.000000319. The van der Waals surface area contributed by atoms with E-state index in [1.54, 1.807) is 12.1 Å². The van der Waals surface area contributed by atoms with Gasteiger partial charge in [-0.15, -0.1) is 0 Å². The quantitative estimate of drug-likeness (QED) is 0.214. The van der Waals surface area contributed by atoms with Gasteiger partial charge in [0.2, 0.25) is 0 Å². The number of carbonyl (C=O) groups is 4. The monoisotopic (exact) mass is 602 g/mol. The van der Waals surface area contributed by atoms with Crippen LogP contribution in [0.4, 0.5) is 9.52 Å². The first kappa shape index (κ1) is 33.5. The maximum atomic E-state index is 13.3. The smallest absolute Gasteiger partial charge is 0.328 e. The molecule has 0 saturated carbocycles. The van der Waals surface area contributed by atoms with Crippen molar-refractivity contribution in [1.29, 1.82) is 0 Å². The van der Waals surface area contributed by atoms with Gasteiger partial charge in [0.25, 0.3) is 0 Å². The highest BCUT2D eigenvalue weighted by Gasteiger charge is 2.16. The second kappa shape index (κ2) is 17.9. The maximum absolute atomic E-state index is 13.3. The summed E-state index contributed by atoms with van der Waals surface area (Å²) >= 11 is 1.51. The molecule has 5 N–H and O–H groups in total. The summed E-state index contributed by atoms with van der Waals surface area (Å²) in [6.45, 7) is 7.31. The molecule has 224 valence electrons. The van der Waals surface area contributed by atoms with Crippen molar-refractivity contribution in [3.63, 3.8) is 0 Å². The minimum atomic E-state index is -1.26. The van der Waals surface area contributed by atoms with E-state index in [1.165, 1.54) is 23.0 Å². The maximum Gasteiger partial charge on any atom is 0.328 e. The van der Waals surface area contributed by atoms with E-state index in [1.807, 2.05) is 0 Å². The topological polar surface area (TPSA) is 181 Å². The van der Waals surface area contributed by atoms with Crippen molar-refractivity contribution in [2.24, 2.45) is 0 Å². The summed E-state index contributed by atoms with van der Waals surface area (Å²) in [6.07, 6.45) is 2.23. The first-order chi connectivity index (χ1) is 20.0. The van der Waals surface area contributed by atoms with Crippen molar-refractivity contribution < 1.29 is 44.0 Å². The first-order valence-corrected chi connectivity index (χ1v) is 13.4. The van der Waals surface area contributed by atoms with Crippen molar-refractivity contribution in [2.75, 3.05) is 44.6 Å². The molecule has 1 saturated heterocycles. The molecule has 1 fully saturated rings. The van der Waals surface area contributed by atoms with Gasteiger partial charge < -0.3 is 25.7 Å². The number of carboxylic acid groups (broad SMARTS) is 4. The third-order valence-corrected chi connectivity index (χ3v) is 6.48. The van der Waals surface area contributed by atoms with Crippen LogP contribution in [0.15, 0.2) is 72.8 Å². The molecule has 42 heavy (non-hydrogen) atoms. The highest BCUT2D eigenvalue weighted by molar-refractivity contribution is 7.22. The molecule has 1 aliphatic heterocycles. The normalized spacial score (nSPS) is 13.6. The molecule has 0 radical (unpaired) electrons. The summed E-state index contributed by atoms with van der Waals surface area (Å²) in [5.74, 6) is -5.24. The summed E-state index contributed by atoms with van der Waals surface area (Å²) in [7, 11) is 0. The van der Waals surface area contributed by atoms with E-state index in [4.69, 9.17) is 20.4 Å². The largest absolute Gasteiger partial charge is 0.478 e. The molecule has 4 rings (SSSR count). The Hall–Kier alpha value is -4.66. The Morgan fingerprint density at radius 3 is 1.86 bits per heavy atom. The summed E-state index contributed by atoms with van der Waals surface area (Å²) in [5, 5.41) is 35.5. The first-order valence-electron chi connectivity index (χ1n) is 12.6. The summed E-state index contributed by atoms with van der Waals surface area (Å²) < 4.78 is 14.1. The van der Waals surface area contributed by atoms with E-state index >= 15 is 0 Å². The van der Waals surface area contributed by atoms with Gasteiger partial charge in [0.05, 0.1) is 10.2 Å². The van der Waals surface area contributed by atoms with Crippen molar-refractivity contribution in [2.45, 2.75) is 6.54 Å². The molecule has 0 unspecified atom stereocenters. The lowest BCUT2D eigenvalue weighted by atomic mass is 10.2. The highest BCUT2D eigenvalue weighted by Crippen LogP contribution is 2.26. The number of carboxylic acids is 4. The molecule has 3 aromatic rings. The number of rotatable bonds is 10. The number of thiazole rings is 1. The molecular weight excluding hydrogens is 571 g/mol. The van der Waals surface area contributed by atoms with Crippen molar-refractivity contribution >= 4 is 50.6 Å². The fourth-order valence-electron chi connectivity index (χ4n) is 3.59. The standard InChI is InChI=1S/C20H23FN4S.2C4H4O4/c21-17-6-7-18-19(14-17)26-20(23-18)22-8-9-24-10-12-25(13-11-24)15-16-4-2-1-3-5-16;2*5-3(6)1-2-4(7)8/h1-7,14H,8-13,15H2,(H,22,23);2*1-2H,(H,5,6)(H,7,8)/b;2*2-1+. The molecule has 0 bridgehead atoms. The number of hydrogen-bond acceptors (Lipinski definition) is 9. The molecule has 1 aliphatic rings. The van der Waals surface area contributed by atoms with Crippen molar-refractivity contribution in [1.82, 2.24) is 14.8 Å². The van der Waals surface area contributed by atoms with E-state index < -0.39 is 23.9 Å². The Labute approximate surface area is 244 Å². The third-order valence-electron chi connectivity index (χ3n) is 5.51. The molecule has 0 amide bonds. The van der Waals surface area contributed by atoms with Gasteiger partial charge in [-0.3, -0.25) is 9.80 Å². The summed E-state index contributed by atoms with van der Waals surface area (Å²) in [6, 6.07) is 15.4. The van der Waals surface area contributed by atoms with Crippen molar-refractivity contribution in [3.05, 3.63) is 84.2 Å². The van der Waals surface area contributed by atoms with Crippen LogP contribution in [0.1, 0.15) is 5.56 Å². The predicted molar refractivity (Wildman–Crippen MR) is 155 cm³/mol. The van der Waals surface area contributed by atoms with Gasteiger partial charge in [-0.25, -0.2) is 28.6 Å². The van der Waals surface area contributed by atoms with E-state index in [-0.39, 0.29) is 5.82 Å². The van der Waals surface area contributed by atoms with Gasteiger partial charge >= 0.3 is 23.9 Å². The van der Waals surface area contributed by atoms with Crippen LogP contribution in [0.2, 0.25) is 0 Å². The van der Waals surface area contributed by atoms with Crippen LogP contribution in [-0.2, 0) is 25.7 Å². The number of nitrogens with one attached hydrogen (secondary N) is 1. The Morgan fingerprint density at radius 1 is 0.810 bits per heavy atom. The molecule has 12 nitrogen and oxygen atoms in total. The Kier molecular flexibility index (Phi) is 14.3. The minimum Gasteiger partial charge on any atom is -0.478 e. The summed E-state index contributed by atoms with van der Waals surface area (Å²) in [5.41, 5.74) is 2.24. The molecule has 14 heteroatoms. The Bertz CT molecular complexity index is 1320. The minimum absolute atomic E-state index is 0.207. The van der Waals surface area contributed by atoms with E-state index in [0.29, 0.717) is 24.3 Å². The fraction of sp³-hybridized carbons (Fsp3) is 0.250. The van der Waals surface area contributed by atoms with Crippen LogP contribution in [0.3, 0.4) is 0 Å². The van der Waals surface area contributed by atoms with Crippen LogP contribution < -0.4 is 5.32 Å². The lowest BCUT2D eigenvalue weighted by Crippen LogP contribution is -2.47. The SMILES string of the molecule is Fc1ccc2nc(NCCN3CCN(Cc4ccccc4)CC3)sc2c1.O=C(O)/C=C/C(=O)O.O=C(O)/C=C/C(=O)O. The molecule has 2 aromatic carbocycles. The number of benzene rings is 2. The number of nitrogens with zero attached hydrogens (tertiary/aromatic N) is 3. The van der Waals surface area contributed by atoms with Crippen LogP contribution in [0, 0.1) is 5.82 Å². The zero-order valence-electron chi connectivity index (χ0n) is 22.4.